The van der Waals surface area contributed by atoms with Gasteiger partial charge >= 0.3 is 6.03 Å². The molecule has 0 saturated carbocycles. The van der Waals surface area contributed by atoms with Crippen molar-refractivity contribution in [2.75, 3.05) is 19.0 Å². The lowest BCUT2D eigenvalue weighted by Gasteiger charge is -2.16. The van der Waals surface area contributed by atoms with Crippen molar-refractivity contribution in [1.29, 1.82) is 0 Å². The van der Waals surface area contributed by atoms with Crippen LogP contribution in [0.4, 0.5) is 14.9 Å². The Bertz CT molecular complexity index is 740. The zero-order valence-electron chi connectivity index (χ0n) is 13.3. The topological polar surface area (TPSA) is 70.6 Å². The third-order valence-electron chi connectivity index (χ3n) is 3.44. The van der Waals surface area contributed by atoms with Gasteiger partial charge in [-0.05, 0) is 30.7 Å². The smallest absolute Gasteiger partial charge is 0.319 e. The molecule has 0 aromatic heterocycles. The van der Waals surface area contributed by atoms with E-state index in [0.717, 1.165) is 10.0 Å². The van der Waals surface area contributed by atoms with Crippen LogP contribution in [-0.2, 0) is 0 Å². The average Bonchev–Trinajstić information content (AvgIpc) is 2.55. The molecule has 2 amide bonds. The number of hydrogen-bond donors (Lipinski definition) is 3. The first-order valence-electron chi connectivity index (χ1n) is 7.24. The summed E-state index contributed by atoms with van der Waals surface area (Å²) in [7, 11) is 1.51. The fourth-order valence-electron chi connectivity index (χ4n) is 2.24. The fourth-order valence-corrected chi connectivity index (χ4v) is 2.79. The van der Waals surface area contributed by atoms with Gasteiger partial charge in [0.1, 0.15) is 11.6 Å². The lowest BCUT2D eigenvalue weighted by molar-refractivity contribution is 0.170. The molecule has 2 aromatic rings. The molecule has 1 atom stereocenters. The van der Waals surface area contributed by atoms with E-state index in [4.69, 9.17) is 4.74 Å². The minimum Gasteiger partial charge on any atom is -0.495 e. The Balaban J connectivity index is 2.01. The van der Waals surface area contributed by atoms with Crippen LogP contribution in [0.5, 0.6) is 5.75 Å². The number of rotatable bonds is 5. The highest BCUT2D eigenvalue weighted by Crippen LogP contribution is 2.32. The van der Waals surface area contributed by atoms with Gasteiger partial charge in [-0.25, -0.2) is 9.18 Å². The maximum absolute atomic E-state index is 13.6. The van der Waals surface area contributed by atoms with Gasteiger partial charge in [0.25, 0.3) is 0 Å². The summed E-state index contributed by atoms with van der Waals surface area (Å²) in [6, 6.07) is 8.94. The summed E-state index contributed by atoms with van der Waals surface area (Å²) in [5, 5.41) is 15.2. The Morgan fingerprint density at radius 1 is 1.38 bits per heavy atom. The molecule has 5 nitrogen and oxygen atoms in total. The number of benzene rings is 2. The molecular weight excluding hydrogens is 379 g/mol. The number of aliphatic hydroxyl groups excluding tert-OH is 1. The molecule has 3 N–H and O–H groups in total. The van der Waals surface area contributed by atoms with Crippen molar-refractivity contribution >= 4 is 27.6 Å². The van der Waals surface area contributed by atoms with E-state index in [1.54, 1.807) is 12.1 Å². The van der Waals surface area contributed by atoms with Crippen LogP contribution < -0.4 is 15.4 Å². The second-order valence-corrected chi connectivity index (χ2v) is 6.09. The van der Waals surface area contributed by atoms with E-state index < -0.39 is 18.0 Å². The molecule has 2 rings (SSSR count). The average molecular weight is 397 g/mol. The number of aryl methyl sites for hydroxylation is 1. The molecule has 0 aliphatic rings. The standard InChI is InChI=1S/C17H18BrFN2O3/c1-10-7-11(18)8-15(24-2)16(10)21-17(23)20-9-14(22)12-5-3-4-6-13(12)19/h3-8,14,22H,9H2,1-2H3,(H2,20,21,23). The van der Waals surface area contributed by atoms with Gasteiger partial charge in [0.05, 0.1) is 18.9 Å². The second-order valence-electron chi connectivity index (χ2n) is 5.17. The number of methoxy groups -OCH3 is 1. The first-order chi connectivity index (χ1) is 11.4. The van der Waals surface area contributed by atoms with Crippen LogP contribution in [0.2, 0.25) is 0 Å². The number of carbonyl (C=O) groups excluding carboxylic acids is 1. The molecule has 128 valence electrons. The van der Waals surface area contributed by atoms with Crippen LogP contribution in [0, 0.1) is 12.7 Å². The number of aliphatic hydroxyl groups is 1. The zero-order chi connectivity index (χ0) is 17.7. The molecule has 0 radical (unpaired) electrons. The van der Waals surface area contributed by atoms with Gasteiger partial charge in [0.2, 0.25) is 0 Å². The van der Waals surface area contributed by atoms with Crippen molar-refractivity contribution < 1.29 is 19.0 Å². The predicted molar refractivity (Wildman–Crippen MR) is 93.8 cm³/mol. The van der Waals surface area contributed by atoms with Crippen molar-refractivity contribution in [3.05, 3.63) is 57.8 Å². The van der Waals surface area contributed by atoms with Gasteiger partial charge in [-0.2, -0.15) is 0 Å². The molecule has 0 fully saturated rings. The minimum atomic E-state index is -1.13. The summed E-state index contributed by atoms with van der Waals surface area (Å²) >= 11 is 3.36. The van der Waals surface area contributed by atoms with E-state index in [2.05, 4.69) is 26.6 Å². The maximum Gasteiger partial charge on any atom is 0.319 e. The second kappa shape index (κ2) is 8.12. The number of carbonyl (C=O) groups is 1. The first kappa shape index (κ1) is 18.2. The van der Waals surface area contributed by atoms with Gasteiger partial charge < -0.3 is 20.5 Å². The fraction of sp³-hybridized carbons (Fsp3) is 0.235. The number of ether oxygens (including phenoxy) is 1. The van der Waals surface area contributed by atoms with E-state index in [0.29, 0.717) is 11.4 Å². The summed E-state index contributed by atoms with van der Waals surface area (Å²) in [6.45, 7) is 1.71. The quantitative estimate of drug-likeness (QED) is 0.720. The molecule has 2 aromatic carbocycles. The highest BCUT2D eigenvalue weighted by molar-refractivity contribution is 9.10. The zero-order valence-corrected chi connectivity index (χ0v) is 14.9. The number of amides is 2. The van der Waals surface area contributed by atoms with E-state index in [9.17, 15) is 14.3 Å². The molecule has 7 heteroatoms. The van der Waals surface area contributed by atoms with E-state index in [1.165, 1.54) is 25.3 Å². The molecule has 0 aliphatic heterocycles. The summed E-state index contributed by atoms with van der Waals surface area (Å²) in [4.78, 5) is 12.0. The van der Waals surface area contributed by atoms with Gasteiger partial charge in [0.15, 0.2) is 0 Å². The van der Waals surface area contributed by atoms with Crippen molar-refractivity contribution in [1.82, 2.24) is 5.32 Å². The number of urea groups is 1. The molecule has 0 saturated heterocycles. The Morgan fingerprint density at radius 2 is 2.08 bits per heavy atom. The summed E-state index contributed by atoms with van der Waals surface area (Å²) in [5.74, 6) is -0.00990. The first-order valence-corrected chi connectivity index (χ1v) is 8.03. The van der Waals surface area contributed by atoms with E-state index >= 15 is 0 Å². The van der Waals surface area contributed by atoms with Gasteiger partial charge in [0, 0.05) is 16.6 Å². The van der Waals surface area contributed by atoms with E-state index in [1.807, 2.05) is 13.0 Å². The molecule has 0 spiro atoms. The molecule has 0 heterocycles. The molecule has 0 aliphatic carbocycles. The van der Waals surface area contributed by atoms with Crippen LogP contribution in [0.1, 0.15) is 17.2 Å². The molecule has 24 heavy (non-hydrogen) atoms. The number of nitrogens with one attached hydrogen (secondary N) is 2. The summed E-state index contributed by atoms with van der Waals surface area (Å²) < 4.78 is 19.7. The lowest BCUT2D eigenvalue weighted by Crippen LogP contribution is -2.33. The SMILES string of the molecule is COc1cc(Br)cc(C)c1NC(=O)NCC(O)c1ccccc1F. The monoisotopic (exact) mass is 396 g/mol. The Morgan fingerprint density at radius 3 is 2.75 bits per heavy atom. The van der Waals surface area contributed by atoms with Gasteiger partial charge in [-0.15, -0.1) is 0 Å². The Hall–Kier alpha value is -2.12. The van der Waals surface area contributed by atoms with Gasteiger partial charge in [-0.3, -0.25) is 0 Å². The summed E-state index contributed by atoms with van der Waals surface area (Å²) in [6.07, 6.45) is -1.13. The van der Waals surface area contributed by atoms with E-state index in [-0.39, 0.29) is 12.1 Å². The third kappa shape index (κ3) is 4.46. The Labute approximate surface area is 148 Å². The van der Waals surface area contributed by atoms with Crippen molar-refractivity contribution in [3.63, 3.8) is 0 Å². The highest BCUT2D eigenvalue weighted by Gasteiger charge is 2.15. The normalized spacial score (nSPS) is 11.7. The van der Waals surface area contributed by atoms with Crippen LogP contribution in [0.15, 0.2) is 40.9 Å². The molecular formula is C17H18BrFN2O3. The van der Waals surface area contributed by atoms with Crippen LogP contribution in [0.3, 0.4) is 0 Å². The van der Waals surface area contributed by atoms with Crippen molar-refractivity contribution in [2.24, 2.45) is 0 Å². The predicted octanol–water partition coefficient (Wildman–Crippen LogP) is 3.76. The van der Waals surface area contributed by atoms with Crippen LogP contribution in [0.25, 0.3) is 0 Å². The van der Waals surface area contributed by atoms with Crippen LogP contribution >= 0.6 is 15.9 Å². The third-order valence-corrected chi connectivity index (χ3v) is 3.90. The number of halogens is 2. The largest absolute Gasteiger partial charge is 0.495 e. The Kier molecular flexibility index (Phi) is 6.16. The van der Waals surface area contributed by atoms with Crippen molar-refractivity contribution in [2.45, 2.75) is 13.0 Å². The minimum absolute atomic E-state index is 0.120. The number of hydrogen-bond acceptors (Lipinski definition) is 3. The van der Waals surface area contributed by atoms with Crippen molar-refractivity contribution in [3.8, 4) is 5.75 Å². The summed E-state index contributed by atoms with van der Waals surface area (Å²) in [5.41, 5.74) is 1.47. The maximum atomic E-state index is 13.6. The van der Waals surface area contributed by atoms with Gasteiger partial charge in [-0.1, -0.05) is 34.1 Å². The number of anilines is 1. The molecule has 1 unspecified atom stereocenters. The highest BCUT2D eigenvalue weighted by atomic mass is 79.9. The molecule has 0 bridgehead atoms. The lowest BCUT2D eigenvalue weighted by atomic mass is 10.1. The van der Waals surface area contributed by atoms with Crippen LogP contribution in [-0.4, -0.2) is 24.8 Å².